The Morgan fingerprint density at radius 1 is 1.12 bits per heavy atom. The van der Waals surface area contributed by atoms with Crippen LogP contribution in [0.15, 0.2) is 54.7 Å². The number of anilines is 2. The number of carbonyl (C=O) groups is 1. The van der Waals surface area contributed by atoms with Crippen molar-refractivity contribution in [2.24, 2.45) is 0 Å². The largest absolute Gasteiger partial charge is 0.378 e. The van der Waals surface area contributed by atoms with E-state index in [-0.39, 0.29) is 11.9 Å². The van der Waals surface area contributed by atoms with E-state index in [9.17, 15) is 4.79 Å². The second-order valence-corrected chi connectivity index (χ2v) is 9.18. The number of nitrogens with one attached hydrogen (secondary N) is 2. The third kappa shape index (κ3) is 4.82. The Hall–Kier alpha value is -2.81. The molecule has 32 heavy (non-hydrogen) atoms. The van der Waals surface area contributed by atoms with E-state index < -0.39 is 0 Å². The summed E-state index contributed by atoms with van der Waals surface area (Å²) >= 11 is 1.62. The number of morpholine rings is 1. The number of benzene rings is 1. The number of thiazole rings is 1. The number of hydrogen-bond acceptors (Lipinski definition) is 7. The highest BCUT2D eigenvalue weighted by molar-refractivity contribution is 7.18. The van der Waals surface area contributed by atoms with Crippen LogP contribution in [0.1, 0.15) is 24.5 Å². The highest BCUT2D eigenvalue weighted by atomic mass is 32.1. The van der Waals surface area contributed by atoms with Crippen LogP contribution >= 0.6 is 11.3 Å². The van der Waals surface area contributed by atoms with Crippen LogP contribution in [0, 0.1) is 0 Å². The third-order valence-electron chi connectivity index (χ3n) is 6.01. The predicted octanol–water partition coefficient (Wildman–Crippen LogP) is 3.64. The lowest BCUT2D eigenvalue weighted by molar-refractivity contribution is -0.137. The number of pyridine rings is 1. The zero-order valence-corrected chi connectivity index (χ0v) is 18.7. The summed E-state index contributed by atoms with van der Waals surface area (Å²) in [5, 5.41) is 7.44. The molecule has 2 aromatic heterocycles. The van der Waals surface area contributed by atoms with Crippen LogP contribution < -0.4 is 10.6 Å². The molecule has 1 amide bonds. The Balaban J connectivity index is 1.20. The van der Waals surface area contributed by atoms with E-state index in [4.69, 9.17) is 9.72 Å². The van der Waals surface area contributed by atoms with Crippen molar-refractivity contribution in [3.8, 4) is 10.4 Å². The van der Waals surface area contributed by atoms with Gasteiger partial charge < -0.3 is 20.3 Å². The van der Waals surface area contributed by atoms with Crippen molar-refractivity contribution < 1.29 is 9.53 Å². The molecule has 3 aromatic rings. The monoisotopic (exact) mass is 449 g/mol. The molecule has 0 aliphatic carbocycles. The van der Waals surface area contributed by atoms with Crippen LogP contribution in [0.25, 0.3) is 10.4 Å². The lowest BCUT2D eigenvalue weighted by atomic mass is 9.92. The maximum Gasteiger partial charge on any atom is 0.242 e. The molecular formula is C24H27N5O2S. The van der Waals surface area contributed by atoms with Crippen LogP contribution in [-0.2, 0) is 9.53 Å². The lowest BCUT2D eigenvalue weighted by Gasteiger charge is -2.35. The maximum atomic E-state index is 12.7. The molecular weight excluding hydrogens is 422 g/mol. The second kappa shape index (κ2) is 9.77. The van der Waals surface area contributed by atoms with Gasteiger partial charge in [-0.3, -0.25) is 4.79 Å². The van der Waals surface area contributed by atoms with E-state index >= 15 is 0 Å². The van der Waals surface area contributed by atoms with E-state index in [0.717, 1.165) is 59.6 Å². The number of rotatable bonds is 5. The zero-order chi connectivity index (χ0) is 21.8. The summed E-state index contributed by atoms with van der Waals surface area (Å²) in [7, 11) is 0. The van der Waals surface area contributed by atoms with Gasteiger partial charge in [0.25, 0.3) is 0 Å². The van der Waals surface area contributed by atoms with Crippen LogP contribution in [0.3, 0.4) is 0 Å². The molecule has 2 N–H and O–H groups in total. The molecule has 2 aliphatic heterocycles. The molecule has 0 bridgehead atoms. The Morgan fingerprint density at radius 3 is 2.75 bits per heavy atom. The van der Waals surface area contributed by atoms with Crippen LogP contribution in [0.5, 0.6) is 0 Å². The van der Waals surface area contributed by atoms with Crippen molar-refractivity contribution in [2.45, 2.75) is 24.8 Å². The smallest absolute Gasteiger partial charge is 0.242 e. The van der Waals surface area contributed by atoms with Crippen molar-refractivity contribution in [1.29, 1.82) is 0 Å². The van der Waals surface area contributed by atoms with Gasteiger partial charge in [-0.25, -0.2) is 9.97 Å². The van der Waals surface area contributed by atoms with Crippen molar-refractivity contribution >= 4 is 28.2 Å². The number of piperidine rings is 1. The molecule has 0 unspecified atom stereocenters. The predicted molar refractivity (Wildman–Crippen MR) is 126 cm³/mol. The zero-order valence-electron chi connectivity index (χ0n) is 17.9. The summed E-state index contributed by atoms with van der Waals surface area (Å²) in [6.07, 6.45) is 3.74. The number of carbonyl (C=O) groups excluding carboxylic acids is 1. The quantitative estimate of drug-likeness (QED) is 0.619. The van der Waals surface area contributed by atoms with Gasteiger partial charge in [-0.05, 0) is 30.5 Å². The van der Waals surface area contributed by atoms with Crippen molar-refractivity contribution in [2.75, 3.05) is 38.2 Å². The molecule has 2 saturated heterocycles. The summed E-state index contributed by atoms with van der Waals surface area (Å²) < 4.78 is 5.44. The topological polar surface area (TPSA) is 79.4 Å². The standard InChI is InChI=1S/C24H27N5O2S/c30-23(20-16-31-14-11-25-20)29-12-9-17(10-13-29)19-7-4-8-22(27-19)28-24-26-15-21(32-24)18-5-2-1-3-6-18/h1-8,15,17,20,25H,9-14,16H2,(H,26,27,28)/t20-/m0/s1. The summed E-state index contributed by atoms with van der Waals surface area (Å²) in [6.45, 7) is 3.40. The summed E-state index contributed by atoms with van der Waals surface area (Å²) in [5.74, 6) is 1.32. The molecule has 2 aliphatic rings. The number of amides is 1. The lowest BCUT2D eigenvalue weighted by Crippen LogP contribution is -2.53. The molecule has 7 nitrogen and oxygen atoms in total. The first kappa shape index (κ1) is 21.1. The number of aromatic nitrogens is 2. The minimum atomic E-state index is -0.204. The molecule has 1 atom stereocenters. The normalized spacial score (nSPS) is 19.6. The molecule has 0 saturated carbocycles. The fraction of sp³-hybridized carbons (Fsp3) is 0.375. The minimum absolute atomic E-state index is 0.157. The highest BCUT2D eigenvalue weighted by Gasteiger charge is 2.30. The fourth-order valence-electron chi connectivity index (χ4n) is 4.27. The van der Waals surface area contributed by atoms with Crippen molar-refractivity contribution in [1.82, 2.24) is 20.2 Å². The van der Waals surface area contributed by atoms with Gasteiger partial charge in [-0.1, -0.05) is 47.7 Å². The number of likely N-dealkylation sites (tertiary alicyclic amines) is 1. The fourth-order valence-corrected chi connectivity index (χ4v) is 5.09. The SMILES string of the molecule is O=C([C@@H]1COCCN1)N1CCC(c2cccc(Nc3ncc(-c4ccccc4)s3)n2)CC1. The average Bonchev–Trinajstić information content (AvgIpc) is 3.33. The van der Waals surface area contributed by atoms with E-state index in [0.29, 0.717) is 19.1 Å². The summed E-state index contributed by atoms with van der Waals surface area (Å²) in [5.41, 5.74) is 2.23. The average molecular weight is 450 g/mol. The Labute approximate surface area is 191 Å². The molecule has 5 rings (SSSR count). The third-order valence-corrected chi connectivity index (χ3v) is 6.98. The van der Waals surface area contributed by atoms with Gasteiger partial charge in [-0.2, -0.15) is 0 Å². The highest BCUT2D eigenvalue weighted by Crippen LogP contribution is 2.31. The Bertz CT molecular complexity index is 1040. The van der Waals surface area contributed by atoms with E-state index in [1.54, 1.807) is 11.3 Å². The van der Waals surface area contributed by atoms with Gasteiger partial charge >= 0.3 is 0 Å². The summed E-state index contributed by atoms with van der Waals surface area (Å²) in [4.78, 5) is 25.2. The van der Waals surface area contributed by atoms with Crippen molar-refractivity contribution in [3.63, 3.8) is 0 Å². The first-order chi connectivity index (χ1) is 15.8. The van der Waals surface area contributed by atoms with Crippen LogP contribution in [0.2, 0.25) is 0 Å². The maximum absolute atomic E-state index is 12.7. The van der Waals surface area contributed by atoms with Gasteiger partial charge in [-0.15, -0.1) is 0 Å². The van der Waals surface area contributed by atoms with Crippen molar-refractivity contribution in [3.05, 3.63) is 60.4 Å². The van der Waals surface area contributed by atoms with Gasteiger partial charge in [0.1, 0.15) is 11.9 Å². The summed E-state index contributed by atoms with van der Waals surface area (Å²) in [6, 6.07) is 16.1. The Morgan fingerprint density at radius 2 is 1.97 bits per heavy atom. The molecule has 2 fully saturated rings. The van der Waals surface area contributed by atoms with E-state index in [1.165, 1.54) is 0 Å². The van der Waals surface area contributed by atoms with Gasteiger partial charge in [0, 0.05) is 37.4 Å². The molecule has 166 valence electrons. The van der Waals surface area contributed by atoms with Gasteiger partial charge in [0.2, 0.25) is 5.91 Å². The molecule has 8 heteroatoms. The van der Waals surface area contributed by atoms with Gasteiger partial charge in [0.05, 0.1) is 18.1 Å². The number of ether oxygens (including phenoxy) is 1. The van der Waals surface area contributed by atoms with E-state index in [1.807, 2.05) is 41.4 Å². The molecule has 0 spiro atoms. The van der Waals surface area contributed by atoms with Crippen LogP contribution in [0.4, 0.5) is 10.9 Å². The first-order valence-electron chi connectivity index (χ1n) is 11.1. The molecule has 1 aromatic carbocycles. The number of hydrogen-bond donors (Lipinski definition) is 2. The minimum Gasteiger partial charge on any atom is -0.378 e. The first-order valence-corrected chi connectivity index (χ1v) is 11.9. The Kier molecular flexibility index (Phi) is 6.43. The second-order valence-electron chi connectivity index (χ2n) is 8.15. The molecule has 0 radical (unpaired) electrons. The molecule has 4 heterocycles. The van der Waals surface area contributed by atoms with E-state index in [2.05, 4.69) is 33.8 Å². The van der Waals surface area contributed by atoms with Gasteiger partial charge in [0.15, 0.2) is 5.13 Å². The number of nitrogens with zero attached hydrogens (tertiary/aromatic N) is 3. The van der Waals surface area contributed by atoms with Crippen LogP contribution in [-0.4, -0.2) is 59.7 Å².